The van der Waals surface area contributed by atoms with E-state index in [9.17, 15) is 14.4 Å². The fraction of sp³-hybridized carbons (Fsp3) is 0.625. The normalized spacial score (nSPS) is 15.7. The molecular formula is C16H27N5O4. The van der Waals surface area contributed by atoms with Crippen molar-refractivity contribution >= 4 is 23.9 Å². The van der Waals surface area contributed by atoms with E-state index >= 15 is 0 Å². The minimum absolute atomic E-state index is 0.125. The molecule has 1 rings (SSSR count). The summed E-state index contributed by atoms with van der Waals surface area (Å²) in [6, 6.07) is -0.125. The topological polar surface area (TPSA) is 94.5 Å². The van der Waals surface area contributed by atoms with Gasteiger partial charge in [-0.15, -0.1) is 0 Å². The largest absolute Gasteiger partial charge is 0.444 e. The Balaban J connectivity index is 2.60. The predicted molar refractivity (Wildman–Crippen MR) is 94.0 cm³/mol. The Bertz CT molecular complexity index is 606. The first-order chi connectivity index (χ1) is 11.4. The minimum atomic E-state index is -0.623. The highest BCUT2D eigenvalue weighted by Crippen LogP contribution is 2.11. The molecule has 1 heterocycles. The van der Waals surface area contributed by atoms with Crippen LogP contribution in [0.15, 0.2) is 16.9 Å². The predicted octanol–water partition coefficient (Wildman–Crippen LogP) is 1.23. The van der Waals surface area contributed by atoms with E-state index in [1.807, 2.05) is 0 Å². The number of carbonyl (C=O) groups excluding carboxylic acids is 3. The zero-order valence-corrected chi connectivity index (χ0v) is 15.9. The lowest BCUT2D eigenvalue weighted by atomic mass is 10.2. The van der Waals surface area contributed by atoms with Crippen molar-refractivity contribution in [1.29, 1.82) is 0 Å². The van der Waals surface area contributed by atoms with Gasteiger partial charge in [0.15, 0.2) is 0 Å². The standard InChI is InChI=1S/C16H27N5O4/c1-11(17-12-8-19(5)14(23)20(6)9-12)18-13(22)10-21(7)15(24)25-16(2,3)4/h8H,9-10H2,1-7H3,(H,17,18,22). The maximum Gasteiger partial charge on any atom is 0.410 e. The van der Waals surface area contributed by atoms with E-state index in [1.54, 1.807) is 48.0 Å². The average molecular weight is 353 g/mol. The van der Waals surface area contributed by atoms with E-state index in [0.717, 1.165) is 0 Å². The number of hydrogen-bond acceptors (Lipinski definition) is 5. The maximum absolute atomic E-state index is 12.0. The number of rotatable bonds is 3. The molecule has 0 bridgehead atoms. The van der Waals surface area contributed by atoms with Crippen molar-refractivity contribution in [2.45, 2.75) is 33.3 Å². The van der Waals surface area contributed by atoms with E-state index < -0.39 is 11.7 Å². The van der Waals surface area contributed by atoms with Crippen LogP contribution in [-0.4, -0.2) is 78.4 Å². The van der Waals surface area contributed by atoms with Crippen LogP contribution in [0.25, 0.3) is 0 Å². The molecule has 1 N–H and O–H groups in total. The molecule has 140 valence electrons. The second kappa shape index (κ2) is 8.00. The summed E-state index contributed by atoms with van der Waals surface area (Å²) in [4.78, 5) is 43.9. The Morgan fingerprint density at radius 3 is 2.48 bits per heavy atom. The molecule has 0 fully saturated rings. The van der Waals surface area contributed by atoms with Gasteiger partial charge in [-0.05, 0) is 27.7 Å². The van der Waals surface area contributed by atoms with Crippen LogP contribution >= 0.6 is 0 Å². The number of aliphatic imine (C=N–C) groups is 1. The van der Waals surface area contributed by atoms with Crippen molar-refractivity contribution in [1.82, 2.24) is 20.0 Å². The van der Waals surface area contributed by atoms with E-state index in [1.165, 1.54) is 21.7 Å². The first-order valence-electron chi connectivity index (χ1n) is 7.87. The van der Waals surface area contributed by atoms with Crippen molar-refractivity contribution in [2.75, 3.05) is 34.2 Å². The highest BCUT2D eigenvalue weighted by atomic mass is 16.6. The highest BCUT2D eigenvalue weighted by Gasteiger charge is 2.22. The average Bonchev–Trinajstić information content (AvgIpc) is 2.42. The lowest BCUT2D eigenvalue weighted by Crippen LogP contribution is -2.43. The fourth-order valence-electron chi connectivity index (χ4n) is 2.07. The third kappa shape index (κ3) is 6.82. The molecule has 0 aromatic rings. The number of amides is 4. The Morgan fingerprint density at radius 1 is 1.36 bits per heavy atom. The second-order valence-corrected chi connectivity index (χ2v) is 6.95. The maximum atomic E-state index is 12.0. The van der Waals surface area contributed by atoms with Gasteiger partial charge in [-0.25, -0.2) is 14.6 Å². The van der Waals surface area contributed by atoms with E-state index in [0.29, 0.717) is 18.1 Å². The molecule has 0 aliphatic carbocycles. The summed E-state index contributed by atoms with van der Waals surface area (Å²) in [5, 5.41) is 2.62. The molecular weight excluding hydrogens is 326 g/mol. The summed E-state index contributed by atoms with van der Waals surface area (Å²) < 4.78 is 5.19. The second-order valence-electron chi connectivity index (χ2n) is 6.95. The van der Waals surface area contributed by atoms with Crippen molar-refractivity contribution < 1.29 is 19.1 Å². The number of nitrogens with one attached hydrogen (secondary N) is 1. The molecule has 0 radical (unpaired) electrons. The monoisotopic (exact) mass is 353 g/mol. The molecule has 0 spiro atoms. The van der Waals surface area contributed by atoms with Crippen LogP contribution in [0, 0.1) is 0 Å². The summed E-state index contributed by atoms with van der Waals surface area (Å²) in [5.74, 6) is -0.00575. The van der Waals surface area contributed by atoms with Gasteiger partial charge in [0.1, 0.15) is 18.0 Å². The highest BCUT2D eigenvalue weighted by molar-refractivity contribution is 5.99. The first kappa shape index (κ1) is 20.5. The van der Waals surface area contributed by atoms with Crippen molar-refractivity contribution in [2.24, 2.45) is 4.99 Å². The molecule has 0 aromatic carbocycles. The molecule has 1 aliphatic heterocycles. The Hall–Kier alpha value is -2.58. The number of likely N-dealkylation sites (N-methyl/N-ethyl adjacent to an activating group) is 2. The van der Waals surface area contributed by atoms with Crippen LogP contribution in [0.1, 0.15) is 27.7 Å². The molecule has 4 amide bonds. The lowest BCUT2D eigenvalue weighted by Gasteiger charge is -2.28. The van der Waals surface area contributed by atoms with Crippen LogP contribution in [0.3, 0.4) is 0 Å². The van der Waals surface area contributed by atoms with Gasteiger partial charge in [-0.2, -0.15) is 0 Å². The zero-order valence-electron chi connectivity index (χ0n) is 15.9. The van der Waals surface area contributed by atoms with Crippen LogP contribution in [0.5, 0.6) is 0 Å². The molecule has 0 unspecified atom stereocenters. The smallest absolute Gasteiger partial charge is 0.410 e. The molecule has 0 saturated heterocycles. The zero-order chi connectivity index (χ0) is 19.4. The first-order valence-corrected chi connectivity index (χ1v) is 7.87. The van der Waals surface area contributed by atoms with E-state index in [-0.39, 0.29) is 18.5 Å². The van der Waals surface area contributed by atoms with E-state index in [4.69, 9.17) is 4.74 Å². The van der Waals surface area contributed by atoms with Gasteiger partial charge < -0.3 is 24.8 Å². The minimum Gasteiger partial charge on any atom is -0.444 e. The van der Waals surface area contributed by atoms with Gasteiger partial charge in [0.25, 0.3) is 0 Å². The van der Waals surface area contributed by atoms with Crippen molar-refractivity contribution in [3.63, 3.8) is 0 Å². The molecule has 0 atom stereocenters. The van der Waals surface area contributed by atoms with Crippen molar-refractivity contribution in [3.05, 3.63) is 11.9 Å². The third-order valence-electron chi connectivity index (χ3n) is 3.09. The summed E-state index contributed by atoms with van der Waals surface area (Å²) in [6.07, 6.45) is 1.04. The van der Waals surface area contributed by atoms with E-state index in [2.05, 4.69) is 10.3 Å². The van der Waals surface area contributed by atoms with Gasteiger partial charge in [-0.1, -0.05) is 0 Å². The van der Waals surface area contributed by atoms with Gasteiger partial charge in [0.2, 0.25) is 5.91 Å². The van der Waals surface area contributed by atoms with Gasteiger partial charge >= 0.3 is 12.1 Å². The number of ether oxygens (including phenoxy) is 1. The van der Waals surface area contributed by atoms with Crippen LogP contribution < -0.4 is 5.32 Å². The third-order valence-corrected chi connectivity index (χ3v) is 3.09. The summed E-state index contributed by atoms with van der Waals surface area (Å²) in [5.41, 5.74) is 0.0187. The lowest BCUT2D eigenvalue weighted by molar-refractivity contribution is -0.120. The number of urea groups is 1. The Labute approximate surface area is 148 Å². The molecule has 25 heavy (non-hydrogen) atoms. The SMILES string of the molecule is CC(=NC1=CN(C)C(=O)N(C)C1)NC(=O)CN(C)C(=O)OC(C)(C)C. The molecule has 0 saturated carbocycles. The summed E-state index contributed by atoms with van der Waals surface area (Å²) >= 11 is 0. The molecule has 9 nitrogen and oxygen atoms in total. The number of carbonyl (C=O) groups is 3. The Kier molecular flexibility index (Phi) is 6.55. The number of hydrogen-bond donors (Lipinski definition) is 1. The summed E-state index contributed by atoms with van der Waals surface area (Å²) in [7, 11) is 4.79. The van der Waals surface area contributed by atoms with Gasteiger partial charge in [0.05, 0.1) is 12.2 Å². The quantitative estimate of drug-likeness (QED) is 0.610. The van der Waals surface area contributed by atoms with Crippen LogP contribution in [0.4, 0.5) is 9.59 Å². The number of nitrogens with zero attached hydrogens (tertiary/aromatic N) is 4. The van der Waals surface area contributed by atoms with Crippen LogP contribution in [-0.2, 0) is 9.53 Å². The summed E-state index contributed by atoms with van der Waals surface area (Å²) in [6.45, 7) is 7.11. The fourth-order valence-corrected chi connectivity index (χ4v) is 2.07. The molecule has 9 heteroatoms. The molecule has 1 aliphatic rings. The molecule has 0 aromatic heterocycles. The van der Waals surface area contributed by atoms with Gasteiger partial charge in [-0.3, -0.25) is 4.79 Å². The number of amidine groups is 1. The van der Waals surface area contributed by atoms with Crippen LogP contribution in [0.2, 0.25) is 0 Å². The Morgan fingerprint density at radius 2 is 1.96 bits per heavy atom. The van der Waals surface area contributed by atoms with Crippen molar-refractivity contribution in [3.8, 4) is 0 Å². The van der Waals surface area contributed by atoms with Gasteiger partial charge in [0, 0.05) is 27.3 Å².